The van der Waals surface area contributed by atoms with Gasteiger partial charge in [-0.05, 0) is 57.9 Å². The van der Waals surface area contributed by atoms with E-state index >= 15 is 0 Å². The Balaban J connectivity index is 1.33. The van der Waals surface area contributed by atoms with E-state index in [4.69, 9.17) is 34.2 Å². The summed E-state index contributed by atoms with van der Waals surface area (Å²) in [6.07, 6.45) is -2.05. The predicted octanol–water partition coefficient (Wildman–Crippen LogP) is 8.95. The number of ether oxygens (including phenoxy) is 6. The summed E-state index contributed by atoms with van der Waals surface area (Å²) in [6, 6.07) is 51.8. The molecule has 1 unspecified atom stereocenters. The molecule has 0 aromatic heterocycles. The molecule has 6 aromatic carbocycles. The summed E-state index contributed by atoms with van der Waals surface area (Å²) in [5.74, 6) is -1.77. The second kappa shape index (κ2) is 19.9. The van der Waals surface area contributed by atoms with Crippen molar-refractivity contribution in [3.63, 3.8) is 0 Å². The molecule has 1 aliphatic heterocycles. The van der Waals surface area contributed by atoms with Gasteiger partial charge in [-0.15, -0.1) is 0 Å². The molecule has 1 aliphatic rings. The van der Waals surface area contributed by atoms with Crippen LogP contribution in [-0.4, -0.2) is 43.2 Å². The van der Waals surface area contributed by atoms with Gasteiger partial charge in [-0.2, -0.15) is 0 Å². The van der Waals surface area contributed by atoms with Gasteiger partial charge in [0.15, 0.2) is 0 Å². The van der Waals surface area contributed by atoms with Gasteiger partial charge in [-0.3, -0.25) is 0 Å². The number of hydrogen-bond donors (Lipinski definition) is 2. The Labute approximate surface area is 342 Å². The van der Waals surface area contributed by atoms with Crippen molar-refractivity contribution in [2.75, 3.05) is 19.5 Å². The minimum Gasteiger partial charge on any atom is -0.496 e. The fraction of sp³-hybridized carbons (Fsp3) is 0.280. The number of aryl methyl sites for hydroxylation is 1. The lowest BCUT2D eigenvalue weighted by molar-refractivity contribution is -0.379. The van der Waals surface area contributed by atoms with Gasteiger partial charge in [0.2, 0.25) is 5.79 Å². The van der Waals surface area contributed by atoms with E-state index in [1.54, 1.807) is 13.2 Å². The van der Waals surface area contributed by atoms with Crippen LogP contribution in [0.3, 0.4) is 0 Å². The molecule has 0 bridgehead atoms. The quantitative estimate of drug-likeness (QED) is 0.0835. The molecule has 0 saturated carbocycles. The lowest BCUT2D eigenvalue weighted by Gasteiger charge is -2.50. The summed E-state index contributed by atoms with van der Waals surface area (Å²) in [5.41, 5.74) is 14.6. The first kappa shape index (κ1) is 40.9. The smallest absolute Gasteiger partial charge is 0.226 e. The first-order valence-corrected chi connectivity index (χ1v) is 20.0. The molecule has 5 atom stereocenters. The second-order valence-electron chi connectivity index (χ2n) is 14.7. The number of nitrogens with two attached hydrogens (primary N) is 1. The Morgan fingerprint density at radius 3 is 1.59 bits per heavy atom. The Morgan fingerprint density at radius 2 is 1.07 bits per heavy atom. The zero-order valence-corrected chi connectivity index (χ0v) is 33.2. The van der Waals surface area contributed by atoms with E-state index in [-0.39, 0.29) is 26.4 Å². The largest absolute Gasteiger partial charge is 0.496 e. The third-order valence-corrected chi connectivity index (χ3v) is 10.6. The zero-order valence-electron chi connectivity index (χ0n) is 33.2. The van der Waals surface area contributed by atoms with Crippen molar-refractivity contribution in [1.82, 2.24) is 0 Å². The molecule has 0 radical (unpaired) electrons. The highest BCUT2D eigenvalue weighted by Crippen LogP contribution is 2.46. The van der Waals surface area contributed by atoms with E-state index in [1.807, 2.05) is 127 Å². The van der Waals surface area contributed by atoms with E-state index < -0.39 is 30.2 Å². The maximum atomic E-state index is 13.4. The number of rotatable bonds is 18. The van der Waals surface area contributed by atoms with Gasteiger partial charge in [0, 0.05) is 11.8 Å². The second-order valence-corrected chi connectivity index (χ2v) is 14.7. The molecule has 7 rings (SSSR count). The Morgan fingerprint density at radius 1 is 0.586 bits per heavy atom. The fourth-order valence-electron chi connectivity index (χ4n) is 7.42. The maximum Gasteiger partial charge on any atom is 0.226 e. The summed E-state index contributed by atoms with van der Waals surface area (Å²) in [7, 11) is 1.56. The van der Waals surface area contributed by atoms with Crippen molar-refractivity contribution >= 4 is 5.69 Å². The van der Waals surface area contributed by atoms with E-state index in [0.717, 1.165) is 39.8 Å². The summed E-state index contributed by atoms with van der Waals surface area (Å²) in [5, 5.41) is 13.4. The normalized spacial score (nSPS) is 20.5. The van der Waals surface area contributed by atoms with Crippen molar-refractivity contribution in [3.05, 3.63) is 202 Å². The summed E-state index contributed by atoms with van der Waals surface area (Å²) < 4.78 is 39.9. The van der Waals surface area contributed by atoms with Crippen molar-refractivity contribution in [2.45, 2.75) is 76.4 Å². The highest BCUT2D eigenvalue weighted by Gasteiger charge is 2.58. The van der Waals surface area contributed by atoms with Crippen LogP contribution in [0.1, 0.15) is 51.4 Å². The lowest BCUT2D eigenvalue weighted by Crippen LogP contribution is -2.65. The monoisotopic (exact) mass is 779 g/mol. The third-order valence-electron chi connectivity index (χ3n) is 10.6. The van der Waals surface area contributed by atoms with Crippen LogP contribution in [-0.2, 0) is 68.7 Å². The molecule has 0 aliphatic carbocycles. The SMILES string of the molecule is CCc1ccc(Cc2cc(C3(O)O[C@H](COCc4ccccc4)[C@@H](OCc4ccccc4)[C@H](OCc4ccccc4)[C@H]3OCc3ccccc3)c(OC)cc2N)cc1. The molecular weight excluding hydrogens is 727 g/mol. The molecule has 8 nitrogen and oxygen atoms in total. The zero-order chi connectivity index (χ0) is 40.2. The van der Waals surface area contributed by atoms with Crippen LogP contribution >= 0.6 is 0 Å². The summed E-state index contributed by atoms with van der Waals surface area (Å²) >= 11 is 0. The molecule has 1 fully saturated rings. The standard InChI is InChI=1S/C50H53NO7/c1-3-36-24-26-37(27-25-36)28-42-29-43(45(53-2)30-44(42)51)50(52)49(57-34-41-22-14-7-15-23-41)48(56-33-40-20-12-6-13-21-40)47(55-32-39-18-10-5-11-19-39)46(58-50)35-54-31-38-16-8-4-9-17-38/h4-27,29-30,46-49,52H,3,28,31-35,51H2,1-2H3/t46-,47-,48+,49-,50?/m1/s1. The molecule has 1 saturated heterocycles. The number of methoxy groups -OCH3 is 1. The number of nitrogen functional groups attached to an aromatic ring is 1. The molecule has 300 valence electrons. The molecule has 3 N–H and O–H groups in total. The van der Waals surface area contributed by atoms with Crippen LogP contribution in [0.25, 0.3) is 0 Å². The van der Waals surface area contributed by atoms with E-state index in [9.17, 15) is 5.11 Å². The highest BCUT2D eigenvalue weighted by atomic mass is 16.7. The third kappa shape index (κ3) is 10.2. The minimum atomic E-state index is -2.12. The van der Waals surface area contributed by atoms with Crippen molar-refractivity contribution in [1.29, 1.82) is 0 Å². The molecule has 8 heteroatoms. The van der Waals surface area contributed by atoms with Gasteiger partial charge >= 0.3 is 0 Å². The maximum absolute atomic E-state index is 13.4. The number of aliphatic hydroxyl groups is 1. The van der Waals surface area contributed by atoms with Gasteiger partial charge < -0.3 is 39.3 Å². The van der Waals surface area contributed by atoms with E-state index in [1.165, 1.54) is 5.56 Å². The van der Waals surface area contributed by atoms with Crippen LogP contribution < -0.4 is 10.5 Å². The van der Waals surface area contributed by atoms with Crippen molar-refractivity contribution in [3.8, 4) is 5.75 Å². The average molecular weight is 780 g/mol. The van der Waals surface area contributed by atoms with Gasteiger partial charge in [-0.25, -0.2) is 0 Å². The molecule has 0 spiro atoms. The van der Waals surface area contributed by atoms with E-state index in [2.05, 4.69) is 31.2 Å². The van der Waals surface area contributed by atoms with Crippen LogP contribution in [0, 0.1) is 0 Å². The average Bonchev–Trinajstić information content (AvgIpc) is 3.27. The van der Waals surface area contributed by atoms with Crippen LogP contribution in [0.4, 0.5) is 5.69 Å². The summed E-state index contributed by atoms with van der Waals surface area (Å²) in [4.78, 5) is 0. The van der Waals surface area contributed by atoms with Crippen LogP contribution in [0.15, 0.2) is 158 Å². The van der Waals surface area contributed by atoms with E-state index in [0.29, 0.717) is 30.0 Å². The number of hydrogen-bond acceptors (Lipinski definition) is 8. The van der Waals surface area contributed by atoms with Crippen LogP contribution in [0.2, 0.25) is 0 Å². The molecule has 58 heavy (non-hydrogen) atoms. The Bertz CT molecular complexity index is 2130. The van der Waals surface area contributed by atoms with Crippen LogP contribution in [0.5, 0.6) is 5.75 Å². The molecule has 6 aromatic rings. The van der Waals surface area contributed by atoms with Crippen molar-refractivity contribution < 1.29 is 33.5 Å². The van der Waals surface area contributed by atoms with Gasteiger partial charge in [0.1, 0.15) is 30.2 Å². The lowest BCUT2D eigenvalue weighted by atomic mass is 9.85. The molecule has 0 amide bonds. The molecular formula is C50H53NO7. The first-order chi connectivity index (χ1) is 28.4. The first-order valence-electron chi connectivity index (χ1n) is 20.0. The predicted molar refractivity (Wildman–Crippen MR) is 226 cm³/mol. The summed E-state index contributed by atoms with van der Waals surface area (Å²) in [6.45, 7) is 3.22. The fourth-order valence-corrected chi connectivity index (χ4v) is 7.42. The van der Waals surface area contributed by atoms with Gasteiger partial charge in [0.05, 0.1) is 45.7 Å². The number of benzene rings is 6. The minimum absolute atomic E-state index is 0.0845. The molecule has 1 heterocycles. The van der Waals surface area contributed by atoms with Gasteiger partial charge in [-0.1, -0.05) is 153 Å². The topological polar surface area (TPSA) is 102 Å². The van der Waals surface area contributed by atoms with Crippen molar-refractivity contribution in [2.24, 2.45) is 0 Å². The van der Waals surface area contributed by atoms with Gasteiger partial charge in [0.25, 0.3) is 0 Å². The Kier molecular flexibility index (Phi) is 14.0. The Hall–Kier alpha value is -5.32. The highest BCUT2D eigenvalue weighted by molar-refractivity contribution is 5.58. The number of anilines is 1.